The summed E-state index contributed by atoms with van der Waals surface area (Å²) in [7, 11) is 0. The molecule has 4 rings (SSSR count). The van der Waals surface area contributed by atoms with Crippen LogP contribution in [0.25, 0.3) is 10.9 Å². The van der Waals surface area contributed by atoms with Crippen LogP contribution in [0.15, 0.2) is 17.1 Å². The molecule has 1 saturated carbocycles. The molecule has 2 unspecified atom stereocenters. The van der Waals surface area contributed by atoms with E-state index in [0.717, 1.165) is 19.3 Å². The second-order valence-corrected chi connectivity index (χ2v) is 7.92. The molecule has 0 amide bonds. The number of hydrogen-bond acceptors (Lipinski definition) is 4. The number of piperidine rings is 1. The fourth-order valence-electron chi connectivity index (χ4n) is 4.22. The molecule has 28 heavy (non-hydrogen) atoms. The number of carboxylic acid groups (broad SMARTS) is 1. The van der Waals surface area contributed by atoms with Gasteiger partial charge in [0.05, 0.1) is 11.2 Å². The Labute approximate surface area is 168 Å². The van der Waals surface area contributed by atoms with Gasteiger partial charge in [-0.05, 0) is 43.7 Å². The zero-order valence-electron chi connectivity index (χ0n) is 15.9. The van der Waals surface area contributed by atoms with Crippen LogP contribution >= 0.6 is 12.4 Å². The number of hydrogen-bond donors (Lipinski definition) is 2. The van der Waals surface area contributed by atoms with Crippen molar-refractivity contribution in [2.45, 2.75) is 45.2 Å². The molecular formula is C20H25ClFN3O3. The second-order valence-electron chi connectivity index (χ2n) is 7.92. The summed E-state index contributed by atoms with van der Waals surface area (Å²) in [6.07, 6.45) is 4.07. The van der Waals surface area contributed by atoms with Gasteiger partial charge in [-0.15, -0.1) is 12.4 Å². The van der Waals surface area contributed by atoms with Crippen LogP contribution in [0.4, 0.5) is 10.1 Å². The maximum Gasteiger partial charge on any atom is 0.341 e. The molecule has 2 fully saturated rings. The van der Waals surface area contributed by atoms with E-state index in [9.17, 15) is 14.7 Å². The van der Waals surface area contributed by atoms with Gasteiger partial charge >= 0.3 is 5.97 Å². The lowest BCUT2D eigenvalue weighted by atomic mass is 9.93. The van der Waals surface area contributed by atoms with Gasteiger partial charge in [0.25, 0.3) is 0 Å². The number of nitrogens with zero attached hydrogens (tertiary/aromatic N) is 2. The number of aromatic nitrogens is 1. The van der Waals surface area contributed by atoms with Gasteiger partial charge < -0.3 is 20.3 Å². The SMILES string of the molecule is Cc1c(N2CCC(N)C(C)C2)c(F)cc2c(=O)c(C(=O)O)cn(C3CC3)c12.Cl. The number of nitrogens with two attached hydrogens (primary N) is 1. The molecule has 0 spiro atoms. The summed E-state index contributed by atoms with van der Waals surface area (Å²) >= 11 is 0. The number of rotatable bonds is 3. The molecule has 8 heteroatoms. The Morgan fingerprint density at radius 2 is 2.00 bits per heavy atom. The van der Waals surface area contributed by atoms with Crippen molar-refractivity contribution in [2.24, 2.45) is 11.7 Å². The molecule has 2 aliphatic rings. The van der Waals surface area contributed by atoms with Crippen molar-refractivity contribution < 1.29 is 14.3 Å². The fourth-order valence-corrected chi connectivity index (χ4v) is 4.22. The first-order valence-electron chi connectivity index (χ1n) is 9.41. The summed E-state index contributed by atoms with van der Waals surface area (Å²) in [5.41, 5.74) is 7.00. The fraction of sp³-hybridized carbons (Fsp3) is 0.500. The van der Waals surface area contributed by atoms with E-state index in [1.807, 2.05) is 16.4 Å². The minimum absolute atomic E-state index is 0. The number of carboxylic acids is 1. The van der Waals surface area contributed by atoms with Crippen molar-refractivity contribution in [3.05, 3.63) is 39.4 Å². The topological polar surface area (TPSA) is 88.6 Å². The number of anilines is 1. The first kappa shape index (κ1) is 20.6. The highest BCUT2D eigenvalue weighted by Crippen LogP contribution is 2.40. The van der Waals surface area contributed by atoms with Crippen LogP contribution in [0.3, 0.4) is 0 Å². The molecule has 3 N–H and O–H groups in total. The van der Waals surface area contributed by atoms with Crippen molar-refractivity contribution in [3.63, 3.8) is 0 Å². The molecule has 0 radical (unpaired) electrons. The standard InChI is InChI=1S/C20H24FN3O3.ClH/c1-10-8-23(6-5-16(10)22)18-11(2)17-13(7-15(18)21)19(25)14(20(26)27)9-24(17)12-3-4-12;/h7,9-10,12,16H,3-6,8,22H2,1-2H3,(H,26,27);1H. The largest absolute Gasteiger partial charge is 0.477 e. The molecule has 1 aliphatic carbocycles. The van der Waals surface area contributed by atoms with E-state index in [4.69, 9.17) is 5.73 Å². The van der Waals surface area contributed by atoms with Crippen LogP contribution in [0.5, 0.6) is 0 Å². The van der Waals surface area contributed by atoms with Crippen molar-refractivity contribution in [3.8, 4) is 0 Å². The van der Waals surface area contributed by atoms with Crippen LogP contribution < -0.4 is 16.1 Å². The van der Waals surface area contributed by atoms with Gasteiger partial charge in [0.1, 0.15) is 11.4 Å². The minimum atomic E-state index is -1.28. The van der Waals surface area contributed by atoms with Gasteiger partial charge in [0, 0.05) is 36.8 Å². The van der Waals surface area contributed by atoms with Crippen molar-refractivity contribution >= 4 is 35.0 Å². The summed E-state index contributed by atoms with van der Waals surface area (Å²) < 4.78 is 16.9. The summed E-state index contributed by atoms with van der Waals surface area (Å²) in [6.45, 7) is 5.20. The van der Waals surface area contributed by atoms with Gasteiger partial charge in [-0.25, -0.2) is 9.18 Å². The van der Waals surface area contributed by atoms with Crippen LogP contribution in [0.1, 0.15) is 48.1 Å². The van der Waals surface area contributed by atoms with Crippen LogP contribution in [0.2, 0.25) is 0 Å². The number of aromatic carboxylic acids is 1. The van der Waals surface area contributed by atoms with E-state index in [-0.39, 0.29) is 41.4 Å². The first-order chi connectivity index (χ1) is 12.8. The molecule has 1 aliphatic heterocycles. The second kappa shape index (κ2) is 7.37. The Morgan fingerprint density at radius 3 is 2.57 bits per heavy atom. The highest BCUT2D eigenvalue weighted by Gasteiger charge is 2.31. The lowest BCUT2D eigenvalue weighted by Gasteiger charge is -2.37. The molecule has 2 atom stereocenters. The number of carbonyl (C=O) groups is 1. The molecule has 0 bridgehead atoms. The van der Waals surface area contributed by atoms with Crippen LogP contribution in [-0.4, -0.2) is 34.8 Å². The smallest absolute Gasteiger partial charge is 0.341 e. The van der Waals surface area contributed by atoms with Gasteiger partial charge in [0.2, 0.25) is 5.43 Å². The highest BCUT2D eigenvalue weighted by molar-refractivity contribution is 5.95. The Balaban J connectivity index is 0.00000225. The van der Waals surface area contributed by atoms with Gasteiger partial charge in [0.15, 0.2) is 0 Å². The summed E-state index contributed by atoms with van der Waals surface area (Å²) in [4.78, 5) is 26.2. The van der Waals surface area contributed by atoms with Crippen LogP contribution in [-0.2, 0) is 0 Å². The lowest BCUT2D eigenvalue weighted by molar-refractivity contribution is 0.0695. The van der Waals surface area contributed by atoms with E-state index in [1.165, 1.54) is 12.3 Å². The van der Waals surface area contributed by atoms with E-state index >= 15 is 4.39 Å². The van der Waals surface area contributed by atoms with E-state index in [1.54, 1.807) is 0 Å². The van der Waals surface area contributed by atoms with Crippen LogP contribution in [0, 0.1) is 18.7 Å². The van der Waals surface area contributed by atoms with E-state index in [0.29, 0.717) is 29.9 Å². The Kier molecular flexibility index (Phi) is 5.42. The minimum Gasteiger partial charge on any atom is -0.477 e. The zero-order chi connectivity index (χ0) is 19.5. The van der Waals surface area contributed by atoms with Crippen molar-refractivity contribution in [2.75, 3.05) is 18.0 Å². The number of fused-ring (bicyclic) bond motifs is 1. The third-order valence-corrected chi connectivity index (χ3v) is 5.94. The third-order valence-electron chi connectivity index (χ3n) is 5.94. The highest BCUT2D eigenvalue weighted by atomic mass is 35.5. The monoisotopic (exact) mass is 409 g/mol. The van der Waals surface area contributed by atoms with Crippen molar-refractivity contribution in [1.29, 1.82) is 0 Å². The Bertz CT molecular complexity index is 1000. The summed E-state index contributed by atoms with van der Waals surface area (Å²) in [5.74, 6) is -1.52. The first-order valence-corrected chi connectivity index (χ1v) is 9.41. The molecule has 152 valence electrons. The number of halogens is 2. The van der Waals surface area contributed by atoms with Gasteiger partial charge in [-0.2, -0.15) is 0 Å². The van der Waals surface area contributed by atoms with Crippen molar-refractivity contribution in [1.82, 2.24) is 4.57 Å². The lowest BCUT2D eigenvalue weighted by Crippen LogP contribution is -2.46. The number of pyridine rings is 1. The normalized spacial score (nSPS) is 22.2. The molecule has 6 nitrogen and oxygen atoms in total. The third kappa shape index (κ3) is 3.26. The maximum absolute atomic E-state index is 15.1. The molecule has 1 saturated heterocycles. The number of benzene rings is 1. The molecule has 2 aromatic rings. The Hall–Kier alpha value is -2.12. The summed E-state index contributed by atoms with van der Waals surface area (Å²) in [5, 5.41) is 9.52. The molecular weight excluding hydrogens is 385 g/mol. The van der Waals surface area contributed by atoms with Gasteiger partial charge in [-0.3, -0.25) is 4.79 Å². The predicted molar refractivity (Wildman–Crippen MR) is 109 cm³/mol. The molecule has 1 aromatic carbocycles. The van der Waals surface area contributed by atoms with E-state index in [2.05, 4.69) is 6.92 Å². The maximum atomic E-state index is 15.1. The average molecular weight is 410 g/mol. The quantitative estimate of drug-likeness (QED) is 0.813. The Morgan fingerprint density at radius 1 is 1.32 bits per heavy atom. The molecule has 1 aromatic heterocycles. The number of aryl methyl sites for hydroxylation is 1. The molecule has 2 heterocycles. The predicted octanol–water partition coefficient (Wildman–Crippen LogP) is 3.08. The zero-order valence-corrected chi connectivity index (χ0v) is 16.8. The summed E-state index contributed by atoms with van der Waals surface area (Å²) in [6, 6.07) is 1.48. The average Bonchev–Trinajstić information content (AvgIpc) is 3.43. The van der Waals surface area contributed by atoms with E-state index < -0.39 is 17.2 Å². The van der Waals surface area contributed by atoms with Gasteiger partial charge in [-0.1, -0.05) is 6.92 Å².